The number of hydrogen-bond donors (Lipinski definition) is 4. The van der Waals surface area contributed by atoms with E-state index in [1.54, 1.807) is 13.8 Å². The Morgan fingerprint density at radius 3 is 1.12 bits per heavy atom. The largest absolute Gasteiger partial charge is 0.416 e. The molecule has 0 saturated heterocycles. The fourth-order valence-electron chi connectivity index (χ4n) is 5.81. The van der Waals surface area contributed by atoms with Gasteiger partial charge in [0.1, 0.15) is 11.4 Å². The number of carbonyl (C=O) groups excluding carboxylic acids is 6. The van der Waals surface area contributed by atoms with Gasteiger partial charge in [0.15, 0.2) is 11.6 Å². The van der Waals surface area contributed by atoms with Crippen LogP contribution in [0.2, 0.25) is 20.1 Å². The van der Waals surface area contributed by atoms with Crippen LogP contribution in [0.3, 0.4) is 0 Å². The van der Waals surface area contributed by atoms with Crippen LogP contribution in [-0.2, 0) is 31.5 Å². The number of Topliss-reactive ketones (excluding diaryl/α,β-unsaturated/α-hetero) is 2. The number of carbonyl (C=O) groups is 6. The monoisotopic (exact) mass is 1020 g/mol. The molecule has 0 bridgehead atoms. The van der Waals surface area contributed by atoms with Gasteiger partial charge in [0.25, 0.3) is 23.6 Å². The van der Waals surface area contributed by atoms with Crippen LogP contribution in [0.1, 0.15) is 56.8 Å². The van der Waals surface area contributed by atoms with Crippen molar-refractivity contribution in [2.45, 2.75) is 52.1 Å². The lowest BCUT2D eigenvalue weighted by Crippen LogP contribution is -2.33. The topological polar surface area (TPSA) is 200 Å². The molecule has 0 aliphatic carbocycles. The Hall–Kier alpha value is -6.74. The predicted molar refractivity (Wildman–Crippen MR) is 243 cm³/mol. The normalized spacial score (nSPS) is 12.7. The zero-order valence-corrected chi connectivity index (χ0v) is 38.3. The lowest BCUT2D eigenvalue weighted by atomic mass is 10.0. The zero-order chi connectivity index (χ0) is 50.4. The highest BCUT2D eigenvalue weighted by atomic mass is 35.5. The number of nitrogens with one attached hydrogen (secondary N) is 4. The standard InChI is InChI=1S/C44H32Cl4F6N8O6/c1-19-20(2)32(56-42(68)38(22(4)64)62-60-36-16-24(6-10-28(36)46)40(66)58-34-12-8-26(18-30(34)48)44(52,53)54)14-13-31(19)55-41(67)37(21(3)63)61-59-35-15-23(5-9-27(35)45)39(65)57-33-11-7-25(17-29(33)47)43(49,50)51/h5-18,37-38H,1-4H3,(H,55,67)(H,56,68)(H,57,65)(H,58,66). The average molecular weight is 1020 g/mol. The van der Waals surface area contributed by atoms with E-state index in [-0.39, 0.29) is 65.3 Å². The van der Waals surface area contributed by atoms with Crippen molar-refractivity contribution in [1.29, 1.82) is 0 Å². The van der Waals surface area contributed by atoms with Crippen molar-refractivity contribution < 1.29 is 55.1 Å². The predicted octanol–water partition coefficient (Wildman–Crippen LogP) is 12.8. The molecule has 4 N–H and O–H groups in total. The van der Waals surface area contributed by atoms with Gasteiger partial charge >= 0.3 is 12.4 Å². The number of amides is 4. The summed E-state index contributed by atoms with van der Waals surface area (Å²) in [5, 5.41) is 24.7. The van der Waals surface area contributed by atoms with Crippen LogP contribution in [0, 0.1) is 13.8 Å². The zero-order valence-electron chi connectivity index (χ0n) is 35.3. The number of hydrogen-bond acceptors (Lipinski definition) is 10. The molecule has 0 heterocycles. The maximum atomic E-state index is 13.4. The highest BCUT2D eigenvalue weighted by molar-refractivity contribution is 6.35. The lowest BCUT2D eigenvalue weighted by Gasteiger charge is -2.17. The second kappa shape index (κ2) is 21.5. The number of anilines is 4. The van der Waals surface area contributed by atoms with Crippen molar-refractivity contribution in [3.8, 4) is 0 Å². The number of nitrogens with zero attached hydrogens (tertiary/aromatic N) is 4. The fraction of sp³-hybridized carbons (Fsp3) is 0.182. The van der Waals surface area contributed by atoms with Gasteiger partial charge in [0, 0.05) is 22.5 Å². The van der Waals surface area contributed by atoms with E-state index in [0.717, 1.165) is 50.2 Å². The van der Waals surface area contributed by atoms with Gasteiger partial charge in [-0.25, -0.2) is 0 Å². The molecule has 2 atom stereocenters. The Balaban J connectivity index is 1.26. The number of benzene rings is 5. The van der Waals surface area contributed by atoms with Crippen molar-refractivity contribution in [2.75, 3.05) is 21.3 Å². The molecule has 0 aliphatic heterocycles. The summed E-state index contributed by atoms with van der Waals surface area (Å²) in [6.45, 7) is 5.31. The Kier molecular flexibility index (Phi) is 16.5. The van der Waals surface area contributed by atoms with Gasteiger partial charge in [0.05, 0.1) is 42.6 Å². The number of azo groups is 2. The Morgan fingerprint density at radius 1 is 0.471 bits per heavy atom. The summed E-state index contributed by atoms with van der Waals surface area (Å²) in [6, 6.07) is 11.5. The summed E-state index contributed by atoms with van der Waals surface area (Å²) in [5.74, 6) is -4.95. The number of ketones is 2. The molecule has 2 unspecified atom stereocenters. The minimum atomic E-state index is -4.66. The van der Waals surface area contributed by atoms with E-state index < -0.39 is 70.8 Å². The lowest BCUT2D eigenvalue weighted by molar-refractivity contribution is -0.138. The molecule has 24 heteroatoms. The average Bonchev–Trinajstić information content (AvgIpc) is 3.25. The summed E-state index contributed by atoms with van der Waals surface area (Å²) in [6.07, 6.45) is -9.32. The van der Waals surface area contributed by atoms with Crippen LogP contribution in [0.15, 0.2) is 105 Å². The van der Waals surface area contributed by atoms with Gasteiger partial charge in [-0.1, -0.05) is 46.4 Å². The maximum absolute atomic E-state index is 13.4. The minimum Gasteiger partial charge on any atom is -0.324 e. The van der Waals surface area contributed by atoms with Gasteiger partial charge in [-0.15, -0.1) is 0 Å². The Labute approximate surface area is 401 Å². The Morgan fingerprint density at radius 2 is 0.809 bits per heavy atom. The quantitative estimate of drug-likeness (QED) is 0.0484. The molecule has 68 heavy (non-hydrogen) atoms. The van der Waals surface area contributed by atoms with Crippen LogP contribution < -0.4 is 21.3 Å². The van der Waals surface area contributed by atoms with Crippen molar-refractivity contribution in [3.63, 3.8) is 0 Å². The third-order valence-corrected chi connectivity index (χ3v) is 10.9. The Bertz CT molecular complexity index is 2740. The summed E-state index contributed by atoms with van der Waals surface area (Å²) < 4.78 is 78.3. The second-order valence-corrected chi connectivity index (χ2v) is 16.1. The molecule has 0 spiro atoms. The smallest absolute Gasteiger partial charge is 0.324 e. The van der Waals surface area contributed by atoms with Crippen LogP contribution in [0.25, 0.3) is 0 Å². The molecule has 0 aliphatic rings. The molecule has 5 aromatic rings. The first kappa shape index (κ1) is 52.2. The first-order valence-electron chi connectivity index (χ1n) is 19.2. The van der Waals surface area contributed by atoms with Gasteiger partial charge < -0.3 is 21.3 Å². The molecule has 4 amide bonds. The van der Waals surface area contributed by atoms with Crippen molar-refractivity contribution in [1.82, 2.24) is 0 Å². The van der Waals surface area contributed by atoms with E-state index in [1.165, 1.54) is 36.4 Å². The summed E-state index contributed by atoms with van der Waals surface area (Å²) in [5.41, 5.74) is -1.53. The maximum Gasteiger partial charge on any atom is 0.416 e. The van der Waals surface area contributed by atoms with Gasteiger partial charge in [-0.05, 0) is 124 Å². The molecule has 0 radical (unpaired) electrons. The van der Waals surface area contributed by atoms with E-state index in [4.69, 9.17) is 46.4 Å². The van der Waals surface area contributed by atoms with Crippen LogP contribution in [0.4, 0.5) is 60.5 Å². The number of halogens is 10. The second-order valence-electron chi connectivity index (χ2n) is 14.5. The summed E-state index contributed by atoms with van der Waals surface area (Å²) >= 11 is 24.4. The molecule has 0 fully saturated rings. The van der Waals surface area contributed by atoms with E-state index in [9.17, 15) is 55.1 Å². The van der Waals surface area contributed by atoms with Crippen LogP contribution in [-0.4, -0.2) is 47.3 Å². The number of rotatable bonds is 14. The number of alkyl halides is 6. The van der Waals surface area contributed by atoms with Crippen LogP contribution >= 0.6 is 46.4 Å². The van der Waals surface area contributed by atoms with E-state index in [0.29, 0.717) is 23.3 Å². The molecule has 5 aromatic carbocycles. The first-order valence-corrected chi connectivity index (χ1v) is 20.8. The van der Waals surface area contributed by atoms with Gasteiger partial charge in [-0.2, -0.15) is 46.8 Å². The molecular formula is C44H32Cl4F6N8O6. The van der Waals surface area contributed by atoms with Crippen molar-refractivity contribution in [3.05, 3.63) is 138 Å². The van der Waals surface area contributed by atoms with Gasteiger partial charge in [-0.3, -0.25) is 28.8 Å². The first-order chi connectivity index (χ1) is 31.7. The van der Waals surface area contributed by atoms with E-state index >= 15 is 0 Å². The molecule has 354 valence electrons. The summed E-state index contributed by atoms with van der Waals surface area (Å²) in [7, 11) is 0. The van der Waals surface area contributed by atoms with E-state index in [1.807, 2.05) is 0 Å². The molecule has 0 aromatic heterocycles. The third kappa shape index (κ3) is 13.0. The van der Waals surface area contributed by atoms with Crippen LogP contribution in [0.5, 0.6) is 0 Å². The van der Waals surface area contributed by atoms with E-state index in [2.05, 4.69) is 41.7 Å². The third-order valence-electron chi connectivity index (χ3n) is 9.64. The highest BCUT2D eigenvalue weighted by Crippen LogP contribution is 2.36. The van der Waals surface area contributed by atoms with Gasteiger partial charge in [0.2, 0.25) is 12.1 Å². The molecular weight excluding hydrogens is 992 g/mol. The minimum absolute atomic E-state index is 0.0380. The fourth-order valence-corrected chi connectivity index (χ4v) is 6.57. The molecule has 14 nitrogen and oxygen atoms in total. The SMILES string of the molecule is CC(=O)C(N=Nc1cc(C(=O)Nc2ccc(C(F)(F)F)cc2Cl)ccc1Cl)C(=O)Nc1ccc(NC(=O)C(N=Nc2cc(C(=O)Nc3ccc(C(F)(F)F)cc3Cl)ccc2Cl)C(C)=O)c(C)c1C. The summed E-state index contributed by atoms with van der Waals surface area (Å²) in [4.78, 5) is 77.9. The molecule has 0 saturated carbocycles. The molecule has 5 rings (SSSR count). The van der Waals surface area contributed by atoms with Crippen molar-refractivity contribution >= 4 is 116 Å². The van der Waals surface area contributed by atoms with Crippen molar-refractivity contribution in [2.24, 2.45) is 20.5 Å². The highest BCUT2D eigenvalue weighted by Gasteiger charge is 2.32.